The lowest BCUT2D eigenvalue weighted by atomic mass is 9.48. The minimum Gasteiger partial charge on any atom is -0.414 e. The van der Waals surface area contributed by atoms with E-state index in [-0.39, 0.29) is 16.9 Å². The summed E-state index contributed by atoms with van der Waals surface area (Å²) in [6.07, 6.45) is 12.2. The second kappa shape index (κ2) is 6.28. The summed E-state index contributed by atoms with van der Waals surface area (Å²) in [6.45, 7) is 9.07. The number of aliphatic hydroxyl groups is 1. The lowest BCUT2D eigenvalue weighted by Crippen LogP contribution is -2.53. The largest absolute Gasteiger partial charge is 0.414 e. The highest BCUT2D eigenvalue weighted by Gasteiger charge is 2.59. The van der Waals surface area contributed by atoms with Gasteiger partial charge in [-0.15, -0.1) is 0 Å². The molecular weight excluding hydrogens is 340 g/mol. The minimum absolute atomic E-state index is 0.0781. The van der Waals surface area contributed by atoms with E-state index in [0.717, 1.165) is 51.4 Å². The molecule has 4 aliphatic carbocycles. The first-order valence-electron chi connectivity index (χ1n) is 10.7. The first-order valence-corrected chi connectivity index (χ1v) is 14.1. The van der Waals surface area contributed by atoms with Crippen molar-refractivity contribution >= 4 is 14.6 Å². The van der Waals surface area contributed by atoms with E-state index in [1.165, 1.54) is 11.9 Å². The van der Waals surface area contributed by atoms with Crippen LogP contribution in [0.15, 0.2) is 11.6 Å². The number of allylic oxidation sites excluding steroid dienone is 1. The van der Waals surface area contributed by atoms with Crippen molar-refractivity contribution in [1.82, 2.24) is 0 Å². The molecule has 0 aromatic carbocycles. The van der Waals surface area contributed by atoms with Gasteiger partial charge in [0.05, 0.1) is 11.5 Å². The number of fused-ring (bicyclic) bond motifs is 5. The molecule has 26 heavy (non-hydrogen) atoms. The third-order valence-corrected chi connectivity index (χ3v) is 9.38. The number of aldehydes is 1. The van der Waals surface area contributed by atoms with Crippen LogP contribution < -0.4 is 0 Å². The SMILES string of the molecule is C[C@]12CC[C@H]3[C@@H](CC=C4C[C@@H](O[Si](C)(C)C)CC[C@@]43C=O)[C@@H]1CC[C@@H]2O. The van der Waals surface area contributed by atoms with Gasteiger partial charge in [-0.3, -0.25) is 0 Å². The minimum atomic E-state index is -1.55. The van der Waals surface area contributed by atoms with Crippen molar-refractivity contribution in [3.63, 3.8) is 0 Å². The van der Waals surface area contributed by atoms with Gasteiger partial charge in [-0.2, -0.15) is 0 Å². The van der Waals surface area contributed by atoms with Gasteiger partial charge in [0, 0.05) is 6.10 Å². The predicted molar refractivity (Wildman–Crippen MR) is 106 cm³/mol. The standard InChI is InChI=1S/C22H36O3Si/c1-21-11-10-19-17(18(21)7-8-20(21)24)6-5-15-13-16(25-26(2,3)4)9-12-22(15,19)14-23/h5,14,16-20,24H,6-13H2,1-4H3/t16-,17-,18-,19-,20-,21-,22+/m0/s1. The van der Waals surface area contributed by atoms with Gasteiger partial charge in [0.15, 0.2) is 8.32 Å². The maximum atomic E-state index is 12.5. The Morgan fingerprint density at radius 2 is 1.92 bits per heavy atom. The van der Waals surface area contributed by atoms with Crippen molar-refractivity contribution in [1.29, 1.82) is 0 Å². The van der Waals surface area contributed by atoms with Crippen LogP contribution in [0, 0.1) is 28.6 Å². The van der Waals surface area contributed by atoms with E-state index in [1.807, 2.05) is 0 Å². The van der Waals surface area contributed by atoms with Gasteiger partial charge in [-0.25, -0.2) is 0 Å². The molecule has 0 radical (unpaired) electrons. The van der Waals surface area contributed by atoms with Gasteiger partial charge >= 0.3 is 0 Å². The summed E-state index contributed by atoms with van der Waals surface area (Å²) in [7, 11) is -1.55. The van der Waals surface area contributed by atoms with E-state index >= 15 is 0 Å². The van der Waals surface area contributed by atoms with Crippen LogP contribution in [-0.4, -0.2) is 31.9 Å². The highest BCUT2D eigenvalue weighted by Crippen LogP contribution is 2.64. The molecule has 3 nitrogen and oxygen atoms in total. The molecule has 0 heterocycles. The number of hydrogen-bond donors (Lipinski definition) is 1. The molecule has 3 fully saturated rings. The van der Waals surface area contributed by atoms with Crippen LogP contribution in [0.25, 0.3) is 0 Å². The average Bonchev–Trinajstić information content (AvgIpc) is 2.88. The number of carbonyl (C=O) groups is 1. The van der Waals surface area contributed by atoms with E-state index in [0.29, 0.717) is 23.9 Å². The van der Waals surface area contributed by atoms with Crippen LogP contribution in [0.3, 0.4) is 0 Å². The van der Waals surface area contributed by atoms with Gasteiger partial charge in [0.2, 0.25) is 0 Å². The average molecular weight is 377 g/mol. The zero-order valence-electron chi connectivity index (χ0n) is 17.0. The summed E-state index contributed by atoms with van der Waals surface area (Å²) in [4.78, 5) is 12.5. The molecule has 1 N–H and O–H groups in total. The van der Waals surface area contributed by atoms with E-state index in [4.69, 9.17) is 4.43 Å². The zero-order chi connectivity index (χ0) is 18.7. The van der Waals surface area contributed by atoms with Crippen LogP contribution in [0.4, 0.5) is 0 Å². The van der Waals surface area contributed by atoms with Crippen molar-refractivity contribution in [3.8, 4) is 0 Å². The molecule has 3 saturated carbocycles. The quantitative estimate of drug-likeness (QED) is 0.441. The predicted octanol–water partition coefficient (Wildman–Crippen LogP) is 4.71. The molecule has 7 atom stereocenters. The fourth-order valence-electron chi connectivity index (χ4n) is 7.12. The first kappa shape index (κ1) is 18.9. The molecule has 0 amide bonds. The molecule has 0 unspecified atom stereocenters. The van der Waals surface area contributed by atoms with Gasteiger partial charge in [-0.05, 0) is 94.2 Å². The number of aliphatic hydroxyl groups excluding tert-OH is 1. The van der Waals surface area contributed by atoms with E-state index in [1.54, 1.807) is 0 Å². The Morgan fingerprint density at radius 3 is 2.62 bits per heavy atom. The maximum absolute atomic E-state index is 12.5. The van der Waals surface area contributed by atoms with Crippen molar-refractivity contribution in [2.24, 2.45) is 28.6 Å². The van der Waals surface area contributed by atoms with E-state index < -0.39 is 8.32 Å². The van der Waals surface area contributed by atoms with E-state index in [2.05, 4.69) is 32.6 Å². The maximum Gasteiger partial charge on any atom is 0.184 e. The molecule has 0 bridgehead atoms. The fourth-order valence-corrected chi connectivity index (χ4v) is 8.32. The lowest BCUT2D eigenvalue weighted by molar-refractivity contribution is -0.127. The van der Waals surface area contributed by atoms with Crippen molar-refractivity contribution in [2.75, 3.05) is 0 Å². The second-order valence-electron chi connectivity index (χ2n) is 10.7. The Balaban J connectivity index is 1.61. The smallest absolute Gasteiger partial charge is 0.184 e. The van der Waals surface area contributed by atoms with Gasteiger partial charge < -0.3 is 14.3 Å². The topological polar surface area (TPSA) is 46.5 Å². The first-order chi connectivity index (χ1) is 12.2. The lowest BCUT2D eigenvalue weighted by Gasteiger charge is -2.57. The molecule has 4 aliphatic rings. The van der Waals surface area contributed by atoms with Gasteiger partial charge in [0.1, 0.15) is 6.29 Å². The third kappa shape index (κ3) is 2.79. The number of hydrogen-bond acceptors (Lipinski definition) is 3. The summed E-state index contributed by atoms with van der Waals surface area (Å²) in [5.41, 5.74) is 1.22. The van der Waals surface area contributed by atoms with E-state index in [9.17, 15) is 9.90 Å². The molecule has 0 saturated heterocycles. The number of rotatable bonds is 3. The van der Waals surface area contributed by atoms with Crippen molar-refractivity contribution < 1.29 is 14.3 Å². The van der Waals surface area contributed by atoms with Crippen LogP contribution >= 0.6 is 0 Å². The summed E-state index contributed by atoms with van der Waals surface area (Å²) in [5, 5.41) is 10.6. The summed E-state index contributed by atoms with van der Waals surface area (Å²) in [5.74, 6) is 1.65. The molecule has 0 aromatic rings. The molecule has 0 aliphatic heterocycles. The highest BCUT2D eigenvalue weighted by atomic mass is 28.4. The van der Waals surface area contributed by atoms with Crippen LogP contribution in [0.1, 0.15) is 58.3 Å². The summed E-state index contributed by atoms with van der Waals surface area (Å²) >= 11 is 0. The molecule has 0 spiro atoms. The summed E-state index contributed by atoms with van der Waals surface area (Å²) in [6, 6.07) is 0. The molecule has 0 aromatic heterocycles. The Bertz CT molecular complexity index is 609. The van der Waals surface area contributed by atoms with Crippen LogP contribution in [0.5, 0.6) is 0 Å². The summed E-state index contributed by atoms with van der Waals surface area (Å²) < 4.78 is 6.40. The molecule has 4 heteroatoms. The van der Waals surface area contributed by atoms with Crippen LogP contribution in [0.2, 0.25) is 19.6 Å². The fraction of sp³-hybridized carbons (Fsp3) is 0.864. The Hall–Kier alpha value is -0.453. The highest BCUT2D eigenvalue weighted by molar-refractivity contribution is 6.69. The third-order valence-electron chi connectivity index (χ3n) is 8.34. The van der Waals surface area contributed by atoms with Gasteiger partial charge in [0.25, 0.3) is 0 Å². The van der Waals surface area contributed by atoms with Crippen molar-refractivity contribution in [3.05, 3.63) is 11.6 Å². The van der Waals surface area contributed by atoms with Gasteiger partial charge in [-0.1, -0.05) is 18.6 Å². The Labute approximate surface area is 159 Å². The van der Waals surface area contributed by atoms with Crippen molar-refractivity contribution in [2.45, 2.75) is 90.1 Å². The second-order valence-corrected chi connectivity index (χ2v) is 15.2. The molecule has 4 rings (SSSR count). The molecular formula is C22H36O3Si. The molecule has 146 valence electrons. The normalized spacial score (nSPS) is 48.2. The Kier molecular flexibility index (Phi) is 4.56. The number of carbonyl (C=O) groups excluding carboxylic acids is 1. The monoisotopic (exact) mass is 376 g/mol. The Morgan fingerprint density at radius 1 is 1.15 bits per heavy atom. The van der Waals surface area contributed by atoms with Crippen LogP contribution in [-0.2, 0) is 9.22 Å². The zero-order valence-corrected chi connectivity index (χ0v) is 18.0.